The van der Waals surface area contributed by atoms with Crippen molar-refractivity contribution < 1.29 is 4.57 Å². The maximum Gasteiger partial charge on any atom is 0.291 e. The van der Waals surface area contributed by atoms with Crippen LogP contribution in [-0.2, 0) is 7.05 Å². The highest BCUT2D eigenvalue weighted by molar-refractivity contribution is 7.19. The molecule has 32 heavy (non-hydrogen) atoms. The predicted molar refractivity (Wildman–Crippen MR) is 134 cm³/mol. The summed E-state index contributed by atoms with van der Waals surface area (Å²) in [5.41, 5.74) is 6.68. The van der Waals surface area contributed by atoms with E-state index in [-0.39, 0.29) is 0 Å². The van der Waals surface area contributed by atoms with Gasteiger partial charge in [0.1, 0.15) is 6.04 Å². The van der Waals surface area contributed by atoms with Gasteiger partial charge in [-0.15, -0.1) is 11.3 Å². The van der Waals surface area contributed by atoms with Crippen LogP contribution < -0.4 is 4.57 Å². The number of rotatable bonds is 3. The molecule has 0 unspecified atom stereocenters. The van der Waals surface area contributed by atoms with Gasteiger partial charge in [-0.2, -0.15) is 0 Å². The van der Waals surface area contributed by atoms with E-state index in [2.05, 4.69) is 59.5 Å². The molecule has 2 aromatic heterocycles. The molecular weight excluding hydrogens is 410 g/mol. The highest BCUT2D eigenvalue weighted by atomic mass is 32.1. The Morgan fingerprint density at radius 2 is 1.62 bits per heavy atom. The van der Waals surface area contributed by atoms with Gasteiger partial charge in [-0.25, -0.2) is 14.1 Å². The zero-order chi connectivity index (χ0) is 21.7. The summed E-state index contributed by atoms with van der Waals surface area (Å²) in [6.07, 6.45) is 13.4. The summed E-state index contributed by atoms with van der Waals surface area (Å²) < 4.78 is 6.53. The third kappa shape index (κ3) is 3.30. The van der Waals surface area contributed by atoms with Gasteiger partial charge >= 0.3 is 0 Å². The van der Waals surface area contributed by atoms with Gasteiger partial charge in [0.05, 0.1) is 27.8 Å². The highest BCUT2D eigenvalue weighted by Crippen LogP contribution is 2.43. The number of aryl methyl sites for hydroxylation is 2. The van der Waals surface area contributed by atoms with Crippen LogP contribution in [0.25, 0.3) is 32.6 Å². The number of imidazole rings is 1. The van der Waals surface area contributed by atoms with Crippen LogP contribution in [0.15, 0.2) is 36.4 Å². The van der Waals surface area contributed by atoms with E-state index >= 15 is 0 Å². The molecule has 3 nitrogen and oxygen atoms in total. The molecule has 0 spiro atoms. The molecule has 2 aromatic carbocycles. The zero-order valence-electron chi connectivity index (χ0n) is 19.4. The smallest absolute Gasteiger partial charge is 0.241 e. The van der Waals surface area contributed by atoms with Crippen molar-refractivity contribution in [2.24, 2.45) is 7.05 Å². The van der Waals surface area contributed by atoms with Crippen molar-refractivity contribution in [3.63, 3.8) is 0 Å². The van der Waals surface area contributed by atoms with Crippen molar-refractivity contribution >= 4 is 32.6 Å². The van der Waals surface area contributed by atoms with Crippen LogP contribution in [-0.4, -0.2) is 9.55 Å². The molecule has 2 aliphatic rings. The second kappa shape index (κ2) is 8.30. The Morgan fingerprint density at radius 1 is 0.906 bits per heavy atom. The Kier molecular flexibility index (Phi) is 5.29. The molecule has 2 fully saturated rings. The van der Waals surface area contributed by atoms with E-state index in [0.717, 1.165) is 0 Å². The quantitative estimate of drug-likeness (QED) is 0.298. The minimum atomic E-state index is 0.588. The van der Waals surface area contributed by atoms with Crippen molar-refractivity contribution in [1.82, 2.24) is 9.55 Å². The molecule has 4 aromatic rings. The molecule has 2 heterocycles. The van der Waals surface area contributed by atoms with Gasteiger partial charge in [0, 0.05) is 5.92 Å². The van der Waals surface area contributed by atoms with E-state index < -0.39 is 0 Å². The molecule has 166 valence electrons. The number of hydrogen-bond donors (Lipinski definition) is 0. The number of thiazole rings is 1. The average Bonchev–Trinajstić information content (AvgIpc) is 3.40. The number of para-hydroxylation sites is 2. The van der Waals surface area contributed by atoms with Gasteiger partial charge in [0.2, 0.25) is 0 Å². The fourth-order valence-corrected chi connectivity index (χ4v) is 7.58. The molecule has 0 saturated heterocycles. The fourth-order valence-electron chi connectivity index (χ4n) is 6.25. The molecule has 0 atom stereocenters. The van der Waals surface area contributed by atoms with E-state index in [4.69, 9.17) is 4.98 Å². The van der Waals surface area contributed by atoms with Crippen molar-refractivity contribution in [3.8, 4) is 11.4 Å². The lowest BCUT2D eigenvalue weighted by atomic mass is 9.90. The lowest BCUT2D eigenvalue weighted by molar-refractivity contribution is -0.634. The van der Waals surface area contributed by atoms with Crippen LogP contribution >= 0.6 is 11.3 Å². The van der Waals surface area contributed by atoms with Crippen molar-refractivity contribution in [1.29, 1.82) is 0 Å². The number of nitrogens with zero attached hydrogens (tertiary/aromatic N) is 3. The first kappa shape index (κ1) is 20.4. The SMILES string of the molecule is Cc1ccc2nc(C3CCCCC3)sc2c1-c1n(C2CCCCC2)c2ccccc2[n+]1C. The second-order valence-corrected chi connectivity index (χ2v) is 11.1. The summed E-state index contributed by atoms with van der Waals surface area (Å²) in [5.74, 6) is 2.03. The summed E-state index contributed by atoms with van der Waals surface area (Å²) in [6, 6.07) is 14.1. The van der Waals surface area contributed by atoms with Crippen LogP contribution in [0.5, 0.6) is 0 Å². The first-order chi connectivity index (χ1) is 15.7. The summed E-state index contributed by atoms with van der Waals surface area (Å²) >= 11 is 1.98. The van der Waals surface area contributed by atoms with E-state index in [0.29, 0.717) is 12.0 Å². The highest BCUT2D eigenvalue weighted by Gasteiger charge is 2.33. The third-order valence-corrected chi connectivity index (χ3v) is 9.20. The maximum absolute atomic E-state index is 5.19. The Morgan fingerprint density at radius 3 is 2.41 bits per heavy atom. The van der Waals surface area contributed by atoms with Crippen LogP contribution in [0.1, 0.15) is 86.7 Å². The van der Waals surface area contributed by atoms with Gasteiger partial charge < -0.3 is 0 Å². The molecule has 0 amide bonds. The average molecular weight is 445 g/mol. The monoisotopic (exact) mass is 444 g/mol. The van der Waals surface area contributed by atoms with Gasteiger partial charge in [-0.1, -0.05) is 43.9 Å². The van der Waals surface area contributed by atoms with E-state index in [1.165, 1.54) is 107 Å². The molecule has 0 N–H and O–H groups in total. The first-order valence-electron chi connectivity index (χ1n) is 12.6. The number of aromatic nitrogens is 3. The van der Waals surface area contributed by atoms with Crippen molar-refractivity contribution in [3.05, 3.63) is 47.0 Å². The van der Waals surface area contributed by atoms with Gasteiger partial charge in [0.25, 0.3) is 5.82 Å². The van der Waals surface area contributed by atoms with Gasteiger partial charge in [-0.3, -0.25) is 0 Å². The number of benzene rings is 2. The van der Waals surface area contributed by atoms with E-state index in [1.807, 2.05) is 11.3 Å². The third-order valence-electron chi connectivity index (χ3n) is 7.95. The number of hydrogen-bond acceptors (Lipinski definition) is 2. The van der Waals surface area contributed by atoms with Gasteiger partial charge in [0.15, 0.2) is 11.0 Å². The summed E-state index contributed by atoms with van der Waals surface area (Å²) in [4.78, 5) is 5.19. The minimum Gasteiger partial charge on any atom is -0.241 e. The van der Waals surface area contributed by atoms with Crippen LogP contribution in [0.2, 0.25) is 0 Å². The van der Waals surface area contributed by atoms with E-state index in [1.54, 1.807) is 0 Å². The normalized spacial score (nSPS) is 18.7. The Labute approximate surface area is 195 Å². The standard InChI is InChI=1S/C28H34N3S/c1-19-17-18-22-26(32-27(29-22)20-11-5-3-6-12-20)25(19)28-30(2)23-15-9-10-16-24(23)31(28)21-13-7-4-8-14-21/h9-10,15-18,20-21H,3-8,11-14H2,1-2H3/q+1. The molecule has 2 aliphatic carbocycles. The molecular formula is C28H34N3S+. The molecule has 2 saturated carbocycles. The largest absolute Gasteiger partial charge is 0.291 e. The molecule has 6 rings (SSSR count). The summed E-state index contributed by atoms with van der Waals surface area (Å²) in [5, 5.41) is 1.37. The lowest BCUT2D eigenvalue weighted by Gasteiger charge is -2.21. The van der Waals surface area contributed by atoms with Crippen LogP contribution in [0, 0.1) is 6.92 Å². The second-order valence-electron chi connectivity index (χ2n) is 10.0. The topological polar surface area (TPSA) is 21.7 Å². The molecule has 4 heteroatoms. The number of fused-ring (bicyclic) bond motifs is 2. The Balaban J connectivity index is 1.60. The summed E-state index contributed by atoms with van der Waals surface area (Å²) in [7, 11) is 2.26. The Bertz CT molecular complexity index is 1270. The van der Waals surface area contributed by atoms with E-state index in [9.17, 15) is 0 Å². The zero-order valence-corrected chi connectivity index (χ0v) is 20.3. The first-order valence-corrected chi connectivity index (χ1v) is 13.4. The summed E-state index contributed by atoms with van der Waals surface area (Å²) in [6.45, 7) is 2.29. The lowest BCUT2D eigenvalue weighted by Crippen LogP contribution is -2.31. The predicted octanol–water partition coefficient (Wildman–Crippen LogP) is 7.60. The minimum absolute atomic E-state index is 0.588. The van der Waals surface area contributed by atoms with Crippen LogP contribution in [0.4, 0.5) is 0 Å². The fraction of sp³-hybridized carbons (Fsp3) is 0.500. The maximum atomic E-state index is 5.19. The van der Waals surface area contributed by atoms with Crippen molar-refractivity contribution in [2.45, 2.75) is 83.1 Å². The van der Waals surface area contributed by atoms with Gasteiger partial charge in [-0.05, 0) is 69.2 Å². The van der Waals surface area contributed by atoms with Crippen LogP contribution in [0.3, 0.4) is 0 Å². The van der Waals surface area contributed by atoms with Crippen molar-refractivity contribution in [2.75, 3.05) is 0 Å². The molecule has 0 radical (unpaired) electrons. The Hall–Kier alpha value is -2.20. The molecule has 0 bridgehead atoms. The molecule has 0 aliphatic heterocycles.